The second-order valence-corrected chi connectivity index (χ2v) is 5.94. The van der Waals surface area contributed by atoms with Crippen LogP contribution in [0.3, 0.4) is 0 Å². The van der Waals surface area contributed by atoms with Gasteiger partial charge in [0.05, 0.1) is 12.7 Å². The first-order valence-electron chi connectivity index (χ1n) is 7.31. The van der Waals surface area contributed by atoms with Gasteiger partial charge in [0.25, 0.3) is 0 Å². The maximum atomic E-state index is 5.29. The quantitative estimate of drug-likeness (QED) is 0.807. The molecule has 0 unspecified atom stereocenters. The molecule has 19 heavy (non-hydrogen) atoms. The molecule has 2 aliphatic heterocycles. The molecule has 0 amide bonds. The Labute approximate surface area is 115 Å². The Bertz CT molecular complexity index is 378. The van der Waals surface area contributed by atoms with E-state index >= 15 is 0 Å². The fourth-order valence-corrected chi connectivity index (χ4v) is 3.04. The summed E-state index contributed by atoms with van der Waals surface area (Å²) in [5.41, 5.74) is 0. The number of hydrogen-bond donors (Lipinski definition) is 0. The molecule has 0 bridgehead atoms. The van der Waals surface area contributed by atoms with Gasteiger partial charge in [0, 0.05) is 51.4 Å². The average molecular weight is 264 g/mol. The lowest BCUT2D eigenvalue weighted by molar-refractivity contribution is -0.00727. The monoisotopic (exact) mass is 264 g/mol. The Balaban J connectivity index is 1.40. The van der Waals surface area contributed by atoms with E-state index in [9.17, 15) is 0 Å². The summed E-state index contributed by atoms with van der Waals surface area (Å²) in [6.07, 6.45) is 3.37. The minimum atomic E-state index is 0.685. The van der Waals surface area contributed by atoms with Gasteiger partial charge < -0.3 is 4.42 Å². The van der Waals surface area contributed by atoms with E-state index in [0.717, 1.165) is 31.6 Å². The van der Waals surface area contributed by atoms with Gasteiger partial charge in [-0.15, -0.1) is 0 Å². The lowest BCUT2D eigenvalue weighted by Crippen LogP contribution is -2.63. The predicted molar refractivity (Wildman–Crippen MR) is 73.9 cm³/mol. The van der Waals surface area contributed by atoms with Crippen molar-refractivity contribution in [1.29, 1.82) is 0 Å². The van der Waals surface area contributed by atoms with Crippen molar-refractivity contribution in [2.45, 2.75) is 32.5 Å². The maximum Gasteiger partial charge on any atom is 0.208 e. The fourth-order valence-electron chi connectivity index (χ4n) is 3.04. The van der Waals surface area contributed by atoms with Crippen molar-refractivity contribution in [3.05, 3.63) is 18.4 Å². The third kappa shape index (κ3) is 2.99. The van der Waals surface area contributed by atoms with Crippen LogP contribution in [-0.2, 0) is 6.54 Å². The summed E-state index contributed by atoms with van der Waals surface area (Å²) in [4.78, 5) is 11.8. The summed E-state index contributed by atoms with van der Waals surface area (Å²) in [6.45, 7) is 12.6. The molecule has 1 aromatic rings. The Morgan fingerprint density at radius 1 is 1.26 bits per heavy atom. The molecular formula is C14H24N4O. The number of likely N-dealkylation sites (tertiary alicyclic amines) is 1. The highest BCUT2D eigenvalue weighted by Crippen LogP contribution is 2.19. The van der Waals surface area contributed by atoms with E-state index in [-0.39, 0.29) is 0 Å². The van der Waals surface area contributed by atoms with Gasteiger partial charge >= 0.3 is 0 Å². The van der Waals surface area contributed by atoms with Gasteiger partial charge in [-0.3, -0.25) is 14.7 Å². The van der Waals surface area contributed by atoms with Crippen LogP contribution in [0.5, 0.6) is 0 Å². The van der Waals surface area contributed by atoms with E-state index in [0.29, 0.717) is 6.04 Å². The summed E-state index contributed by atoms with van der Waals surface area (Å²) in [5, 5.41) is 0. The van der Waals surface area contributed by atoms with Gasteiger partial charge in [-0.2, -0.15) is 0 Å². The highest BCUT2D eigenvalue weighted by atomic mass is 16.3. The smallest absolute Gasteiger partial charge is 0.208 e. The van der Waals surface area contributed by atoms with Crippen molar-refractivity contribution in [2.24, 2.45) is 0 Å². The van der Waals surface area contributed by atoms with Crippen molar-refractivity contribution < 1.29 is 4.42 Å². The number of hydrogen-bond acceptors (Lipinski definition) is 5. The Morgan fingerprint density at radius 2 is 2.00 bits per heavy atom. The summed E-state index contributed by atoms with van der Waals surface area (Å²) < 4.78 is 5.29. The molecule has 0 aliphatic carbocycles. The van der Waals surface area contributed by atoms with Gasteiger partial charge in [0.1, 0.15) is 6.26 Å². The molecule has 2 saturated heterocycles. The average Bonchev–Trinajstić information content (AvgIpc) is 2.86. The number of piperazine rings is 1. The van der Waals surface area contributed by atoms with Crippen LogP contribution >= 0.6 is 0 Å². The van der Waals surface area contributed by atoms with Crippen LogP contribution in [0.2, 0.25) is 0 Å². The number of rotatable bonds is 4. The lowest BCUT2D eigenvalue weighted by Gasteiger charge is -2.48. The van der Waals surface area contributed by atoms with E-state index in [2.05, 4.69) is 33.5 Å². The molecule has 0 spiro atoms. The van der Waals surface area contributed by atoms with Crippen LogP contribution in [0.1, 0.15) is 19.7 Å². The summed E-state index contributed by atoms with van der Waals surface area (Å²) in [6, 6.07) is 1.43. The summed E-state index contributed by atoms with van der Waals surface area (Å²) in [7, 11) is 0. The first-order valence-corrected chi connectivity index (χ1v) is 7.31. The number of nitrogens with zero attached hydrogens (tertiary/aromatic N) is 4. The summed E-state index contributed by atoms with van der Waals surface area (Å²) >= 11 is 0. The fraction of sp³-hybridized carbons (Fsp3) is 0.786. The Morgan fingerprint density at radius 3 is 2.58 bits per heavy atom. The van der Waals surface area contributed by atoms with Gasteiger partial charge in [-0.1, -0.05) is 0 Å². The van der Waals surface area contributed by atoms with E-state index in [4.69, 9.17) is 4.42 Å². The molecule has 1 aromatic heterocycles. The van der Waals surface area contributed by atoms with Crippen LogP contribution in [0, 0.1) is 0 Å². The minimum absolute atomic E-state index is 0.685. The van der Waals surface area contributed by atoms with Crippen LogP contribution < -0.4 is 0 Å². The van der Waals surface area contributed by atoms with E-state index in [1.54, 1.807) is 12.5 Å². The minimum Gasteiger partial charge on any atom is -0.448 e. The van der Waals surface area contributed by atoms with E-state index < -0.39 is 0 Å². The zero-order chi connectivity index (χ0) is 13.2. The van der Waals surface area contributed by atoms with Crippen LogP contribution in [0.4, 0.5) is 0 Å². The van der Waals surface area contributed by atoms with Crippen LogP contribution in [0.15, 0.2) is 16.9 Å². The largest absolute Gasteiger partial charge is 0.448 e. The van der Waals surface area contributed by atoms with Crippen LogP contribution in [0.25, 0.3) is 0 Å². The zero-order valence-corrected chi connectivity index (χ0v) is 12.0. The van der Waals surface area contributed by atoms with E-state index in [1.165, 1.54) is 26.2 Å². The number of oxazole rings is 1. The standard InChI is InChI=1S/C14H24N4O/c1-12(2)17-4-6-18(7-5-17)13-9-16(10-13)11-14-15-3-8-19-14/h3,8,12-13H,4-7,9-11H2,1-2H3. The molecule has 5 nitrogen and oxygen atoms in total. The third-order valence-corrected chi connectivity index (χ3v) is 4.38. The lowest BCUT2D eigenvalue weighted by atomic mass is 10.1. The van der Waals surface area contributed by atoms with Gasteiger partial charge in [0.15, 0.2) is 0 Å². The van der Waals surface area contributed by atoms with Gasteiger partial charge in [0.2, 0.25) is 5.89 Å². The van der Waals surface area contributed by atoms with Crippen molar-refractivity contribution in [3.63, 3.8) is 0 Å². The SMILES string of the molecule is CC(C)N1CCN(C2CN(Cc3ncco3)C2)CC1. The molecule has 0 N–H and O–H groups in total. The zero-order valence-electron chi connectivity index (χ0n) is 12.0. The summed E-state index contributed by atoms with van der Waals surface area (Å²) in [5.74, 6) is 0.836. The molecule has 0 aromatic carbocycles. The van der Waals surface area contributed by atoms with Gasteiger partial charge in [-0.05, 0) is 13.8 Å². The van der Waals surface area contributed by atoms with Crippen molar-refractivity contribution >= 4 is 0 Å². The number of aromatic nitrogens is 1. The van der Waals surface area contributed by atoms with Crippen molar-refractivity contribution in [1.82, 2.24) is 19.7 Å². The molecule has 106 valence electrons. The molecule has 2 aliphatic rings. The molecule has 3 heterocycles. The molecule has 5 heteroatoms. The Kier molecular flexibility index (Phi) is 3.86. The Hall–Kier alpha value is -0.910. The molecule has 0 atom stereocenters. The van der Waals surface area contributed by atoms with Crippen LogP contribution in [-0.4, -0.2) is 71.0 Å². The molecule has 0 radical (unpaired) electrons. The normalized spacial score (nSPS) is 23.9. The molecule has 0 saturated carbocycles. The first kappa shape index (κ1) is 13.1. The third-order valence-electron chi connectivity index (χ3n) is 4.38. The highest BCUT2D eigenvalue weighted by Gasteiger charge is 2.34. The second-order valence-electron chi connectivity index (χ2n) is 5.94. The van der Waals surface area contributed by atoms with Gasteiger partial charge in [-0.25, -0.2) is 4.98 Å². The topological polar surface area (TPSA) is 35.8 Å². The van der Waals surface area contributed by atoms with E-state index in [1.807, 2.05) is 0 Å². The molecular weight excluding hydrogens is 240 g/mol. The van der Waals surface area contributed by atoms with Crippen molar-refractivity contribution in [2.75, 3.05) is 39.3 Å². The van der Waals surface area contributed by atoms with Crippen molar-refractivity contribution in [3.8, 4) is 0 Å². The molecule has 3 rings (SSSR count). The maximum absolute atomic E-state index is 5.29. The second kappa shape index (κ2) is 5.61. The first-order chi connectivity index (χ1) is 9.22. The predicted octanol–water partition coefficient (Wildman–Crippen LogP) is 0.885. The highest BCUT2D eigenvalue weighted by molar-refractivity contribution is 4.93. The molecule has 2 fully saturated rings.